The number of hydrogen-bond acceptors (Lipinski definition) is 4. The fraction of sp³-hybridized carbons (Fsp3) is 0.692. The van der Waals surface area contributed by atoms with E-state index in [1.54, 1.807) is 0 Å². The summed E-state index contributed by atoms with van der Waals surface area (Å²) in [5.74, 6) is 3.13. The predicted octanol–water partition coefficient (Wildman–Crippen LogP) is 2.62. The molecule has 0 spiro atoms. The molecule has 1 aromatic heterocycles. The van der Waals surface area contributed by atoms with Gasteiger partial charge in [-0.15, -0.1) is 0 Å². The van der Waals surface area contributed by atoms with Crippen LogP contribution in [0.25, 0.3) is 0 Å². The SMILES string of the molecule is CSCCC(C)N(C)Cc1cc(C)c(CN)o1. The second kappa shape index (κ2) is 7.09. The molecule has 3 nitrogen and oxygen atoms in total. The van der Waals surface area contributed by atoms with E-state index in [1.807, 2.05) is 18.7 Å². The molecule has 1 aromatic rings. The number of thioether (sulfide) groups is 1. The van der Waals surface area contributed by atoms with Gasteiger partial charge in [-0.3, -0.25) is 4.90 Å². The van der Waals surface area contributed by atoms with Crippen LogP contribution < -0.4 is 5.73 Å². The van der Waals surface area contributed by atoms with Crippen LogP contribution in [0.15, 0.2) is 10.5 Å². The fourth-order valence-electron chi connectivity index (χ4n) is 1.78. The quantitative estimate of drug-likeness (QED) is 0.814. The average molecular weight is 256 g/mol. The fourth-order valence-corrected chi connectivity index (χ4v) is 2.36. The molecule has 1 atom stereocenters. The third-order valence-electron chi connectivity index (χ3n) is 3.15. The first kappa shape index (κ1) is 14.6. The number of nitrogens with two attached hydrogens (primary N) is 1. The Kier molecular flexibility index (Phi) is 6.09. The van der Waals surface area contributed by atoms with E-state index in [2.05, 4.69) is 31.2 Å². The van der Waals surface area contributed by atoms with Gasteiger partial charge in [-0.05, 0) is 51.0 Å². The lowest BCUT2D eigenvalue weighted by atomic mass is 10.2. The first-order valence-corrected chi connectivity index (χ1v) is 7.45. The molecule has 0 aliphatic rings. The molecular formula is C13H24N2OS. The van der Waals surface area contributed by atoms with Crippen molar-refractivity contribution in [2.45, 2.75) is 39.4 Å². The standard InChI is InChI=1S/C13H24N2OS/c1-10-7-12(16-13(10)8-14)9-15(3)11(2)5-6-17-4/h7,11H,5-6,8-9,14H2,1-4H3. The minimum Gasteiger partial charge on any atom is -0.463 e. The van der Waals surface area contributed by atoms with Gasteiger partial charge >= 0.3 is 0 Å². The number of hydrogen-bond donors (Lipinski definition) is 1. The Morgan fingerprint density at radius 3 is 2.76 bits per heavy atom. The Morgan fingerprint density at radius 2 is 2.24 bits per heavy atom. The van der Waals surface area contributed by atoms with E-state index in [1.165, 1.54) is 12.2 Å². The van der Waals surface area contributed by atoms with Crippen LogP contribution >= 0.6 is 11.8 Å². The van der Waals surface area contributed by atoms with Crippen LogP contribution in [0.4, 0.5) is 0 Å². The third-order valence-corrected chi connectivity index (χ3v) is 3.80. The van der Waals surface area contributed by atoms with Crippen molar-refractivity contribution < 1.29 is 4.42 Å². The smallest absolute Gasteiger partial charge is 0.120 e. The second-order valence-electron chi connectivity index (χ2n) is 4.57. The summed E-state index contributed by atoms with van der Waals surface area (Å²) in [7, 11) is 2.14. The van der Waals surface area contributed by atoms with Crippen LogP contribution in [0, 0.1) is 6.92 Å². The summed E-state index contributed by atoms with van der Waals surface area (Å²) in [5.41, 5.74) is 6.77. The van der Waals surface area contributed by atoms with Gasteiger partial charge in [0.2, 0.25) is 0 Å². The minimum atomic E-state index is 0.484. The summed E-state index contributed by atoms with van der Waals surface area (Å²) in [6, 6.07) is 2.68. The summed E-state index contributed by atoms with van der Waals surface area (Å²) >= 11 is 1.90. The second-order valence-corrected chi connectivity index (χ2v) is 5.55. The van der Waals surface area contributed by atoms with Gasteiger partial charge < -0.3 is 10.2 Å². The number of aryl methyl sites for hydroxylation is 1. The van der Waals surface area contributed by atoms with Gasteiger partial charge in [-0.2, -0.15) is 11.8 Å². The number of furan rings is 1. The van der Waals surface area contributed by atoms with Crippen molar-refractivity contribution in [2.75, 3.05) is 19.1 Å². The zero-order valence-corrected chi connectivity index (χ0v) is 12.1. The van der Waals surface area contributed by atoms with Gasteiger partial charge in [-0.25, -0.2) is 0 Å². The van der Waals surface area contributed by atoms with E-state index in [4.69, 9.17) is 10.2 Å². The molecule has 17 heavy (non-hydrogen) atoms. The Balaban J connectivity index is 2.51. The maximum Gasteiger partial charge on any atom is 0.120 e. The summed E-state index contributed by atoms with van der Waals surface area (Å²) < 4.78 is 5.72. The van der Waals surface area contributed by atoms with Crippen molar-refractivity contribution in [1.82, 2.24) is 4.90 Å². The molecule has 1 rings (SSSR count). The molecule has 1 heterocycles. The first-order chi connectivity index (χ1) is 8.08. The summed E-state index contributed by atoms with van der Waals surface area (Å²) in [6.07, 6.45) is 3.36. The van der Waals surface area contributed by atoms with Crippen molar-refractivity contribution in [2.24, 2.45) is 5.73 Å². The Labute approximate surface area is 109 Å². The summed E-state index contributed by atoms with van der Waals surface area (Å²) in [6.45, 7) is 5.65. The van der Waals surface area contributed by atoms with Gasteiger partial charge in [0, 0.05) is 6.04 Å². The highest BCUT2D eigenvalue weighted by Gasteiger charge is 2.12. The third kappa shape index (κ3) is 4.37. The van der Waals surface area contributed by atoms with Crippen molar-refractivity contribution in [1.29, 1.82) is 0 Å². The average Bonchev–Trinajstić information content (AvgIpc) is 2.66. The molecule has 0 aromatic carbocycles. The predicted molar refractivity (Wildman–Crippen MR) is 75.3 cm³/mol. The lowest BCUT2D eigenvalue weighted by Crippen LogP contribution is -2.28. The van der Waals surface area contributed by atoms with Crippen molar-refractivity contribution in [3.05, 3.63) is 23.2 Å². The zero-order valence-electron chi connectivity index (χ0n) is 11.3. The Morgan fingerprint density at radius 1 is 1.53 bits per heavy atom. The molecular weight excluding hydrogens is 232 g/mol. The molecule has 0 aliphatic heterocycles. The van der Waals surface area contributed by atoms with Crippen LogP contribution in [0.2, 0.25) is 0 Å². The van der Waals surface area contributed by atoms with Gasteiger partial charge in [0.25, 0.3) is 0 Å². The molecule has 4 heteroatoms. The molecule has 0 aliphatic carbocycles. The maximum atomic E-state index is 5.72. The lowest BCUT2D eigenvalue weighted by molar-refractivity contribution is 0.224. The number of rotatable bonds is 7. The summed E-state index contributed by atoms with van der Waals surface area (Å²) in [5, 5.41) is 0. The van der Waals surface area contributed by atoms with Gasteiger partial charge in [0.1, 0.15) is 11.5 Å². The molecule has 0 amide bonds. The van der Waals surface area contributed by atoms with Gasteiger partial charge in [-0.1, -0.05) is 0 Å². The molecule has 98 valence electrons. The maximum absolute atomic E-state index is 5.72. The normalized spacial score (nSPS) is 13.3. The van der Waals surface area contributed by atoms with Crippen LogP contribution in [-0.4, -0.2) is 30.0 Å². The molecule has 2 N–H and O–H groups in total. The van der Waals surface area contributed by atoms with Crippen LogP contribution in [-0.2, 0) is 13.1 Å². The van der Waals surface area contributed by atoms with Crippen LogP contribution in [0.1, 0.15) is 30.4 Å². The van der Waals surface area contributed by atoms with Crippen molar-refractivity contribution >= 4 is 11.8 Å². The molecule has 0 saturated heterocycles. The molecule has 1 unspecified atom stereocenters. The van der Waals surface area contributed by atoms with Gasteiger partial charge in [0.05, 0.1) is 13.1 Å². The van der Waals surface area contributed by atoms with Gasteiger partial charge in [0.15, 0.2) is 0 Å². The van der Waals surface area contributed by atoms with E-state index < -0.39 is 0 Å². The highest BCUT2D eigenvalue weighted by Crippen LogP contribution is 2.17. The lowest BCUT2D eigenvalue weighted by Gasteiger charge is -2.23. The van der Waals surface area contributed by atoms with E-state index in [9.17, 15) is 0 Å². The Hall–Kier alpha value is -0.450. The zero-order chi connectivity index (χ0) is 12.8. The first-order valence-electron chi connectivity index (χ1n) is 6.06. The highest BCUT2D eigenvalue weighted by molar-refractivity contribution is 7.98. The van der Waals surface area contributed by atoms with E-state index in [-0.39, 0.29) is 0 Å². The molecule has 0 radical (unpaired) electrons. The van der Waals surface area contributed by atoms with Crippen molar-refractivity contribution in [3.8, 4) is 0 Å². The molecule has 0 bridgehead atoms. The number of nitrogens with zero attached hydrogens (tertiary/aromatic N) is 1. The summed E-state index contributed by atoms with van der Waals surface area (Å²) in [4.78, 5) is 2.33. The molecule has 0 fully saturated rings. The van der Waals surface area contributed by atoms with Crippen LogP contribution in [0.3, 0.4) is 0 Å². The Bertz CT molecular complexity index is 338. The topological polar surface area (TPSA) is 42.4 Å². The highest BCUT2D eigenvalue weighted by atomic mass is 32.2. The monoisotopic (exact) mass is 256 g/mol. The van der Waals surface area contributed by atoms with E-state index >= 15 is 0 Å². The minimum absolute atomic E-state index is 0.484. The van der Waals surface area contributed by atoms with E-state index in [0.29, 0.717) is 12.6 Å². The molecule has 0 saturated carbocycles. The largest absolute Gasteiger partial charge is 0.463 e. The van der Waals surface area contributed by atoms with Crippen LogP contribution in [0.5, 0.6) is 0 Å². The van der Waals surface area contributed by atoms with Crippen molar-refractivity contribution in [3.63, 3.8) is 0 Å². The van der Waals surface area contributed by atoms with E-state index in [0.717, 1.165) is 23.6 Å².